The fraction of sp³-hybridized carbons (Fsp3) is 0.368. The summed E-state index contributed by atoms with van der Waals surface area (Å²) in [6.45, 7) is 0. The maximum Gasteiger partial charge on any atom is 0.247 e. The van der Waals surface area contributed by atoms with Crippen LogP contribution in [0.2, 0.25) is 0 Å². The number of nitrogens with one attached hydrogen (secondary N) is 3. The van der Waals surface area contributed by atoms with E-state index in [0.29, 0.717) is 17.6 Å². The number of methoxy groups -OCH3 is 1. The Kier molecular flexibility index (Phi) is 6.73. The van der Waals surface area contributed by atoms with Gasteiger partial charge in [0.1, 0.15) is 11.6 Å². The van der Waals surface area contributed by atoms with Crippen molar-refractivity contribution in [3.63, 3.8) is 0 Å². The van der Waals surface area contributed by atoms with Gasteiger partial charge in [0.15, 0.2) is 5.82 Å². The monoisotopic (exact) mass is 429 g/mol. The zero-order chi connectivity index (χ0) is 19.9. The number of para-hydroxylation sites is 2. The summed E-state index contributed by atoms with van der Waals surface area (Å²) in [7, 11) is 1.64. The highest BCUT2D eigenvalue weighted by Crippen LogP contribution is 2.27. The number of anilines is 4. The summed E-state index contributed by atoms with van der Waals surface area (Å²) >= 11 is 3.77. The highest BCUT2D eigenvalue weighted by molar-refractivity contribution is 8.00. The van der Waals surface area contributed by atoms with Crippen molar-refractivity contribution in [3.05, 3.63) is 30.3 Å². The van der Waals surface area contributed by atoms with E-state index in [0.717, 1.165) is 58.7 Å². The van der Waals surface area contributed by atoms with Gasteiger partial charge >= 0.3 is 0 Å². The number of nitrogens with zero attached hydrogens (tertiary/aromatic N) is 4. The lowest BCUT2D eigenvalue weighted by Gasteiger charge is -2.12. The van der Waals surface area contributed by atoms with Gasteiger partial charge in [-0.15, -0.1) is 0 Å². The molecule has 1 aromatic carbocycles. The highest BCUT2D eigenvalue weighted by Gasteiger charge is 2.12. The van der Waals surface area contributed by atoms with Gasteiger partial charge in [-0.05, 0) is 36.5 Å². The van der Waals surface area contributed by atoms with Crippen LogP contribution in [0.3, 0.4) is 0 Å². The fourth-order valence-corrected chi connectivity index (χ4v) is 4.79. The number of ether oxygens (including phenoxy) is 1. The smallest absolute Gasteiger partial charge is 0.247 e. The molecule has 0 amide bonds. The second-order valence-corrected chi connectivity index (χ2v) is 8.68. The molecule has 1 aromatic heterocycles. The Morgan fingerprint density at radius 1 is 0.931 bits per heavy atom. The van der Waals surface area contributed by atoms with Gasteiger partial charge in [0.05, 0.1) is 12.8 Å². The molecule has 0 bridgehead atoms. The van der Waals surface area contributed by atoms with E-state index in [1.165, 1.54) is 0 Å². The van der Waals surface area contributed by atoms with E-state index in [-0.39, 0.29) is 0 Å². The molecular weight excluding hydrogens is 406 g/mol. The standard InChI is InChI=1S/C19H23N7OS2/c1-27-16-5-3-2-4-15(16)20-17-10-18(25-23-13-6-8-28-11-13)22-19(21-17)26-24-14-7-9-29-12-14/h2-5,10H,6-9,11-12H2,1H3,(H3,20,21,22,25,26). The fourth-order valence-electron chi connectivity index (χ4n) is 2.85. The third kappa shape index (κ3) is 5.54. The van der Waals surface area contributed by atoms with Gasteiger partial charge in [0.2, 0.25) is 5.95 Å². The predicted octanol–water partition coefficient (Wildman–Crippen LogP) is 4.04. The van der Waals surface area contributed by atoms with Crippen molar-refractivity contribution in [3.8, 4) is 5.75 Å². The maximum absolute atomic E-state index is 5.42. The van der Waals surface area contributed by atoms with Crippen LogP contribution in [0.5, 0.6) is 5.75 Å². The normalized spacial score (nSPS) is 18.9. The first-order valence-electron chi connectivity index (χ1n) is 9.37. The van der Waals surface area contributed by atoms with Crippen molar-refractivity contribution >= 4 is 58.2 Å². The Labute approximate surface area is 178 Å². The van der Waals surface area contributed by atoms with Gasteiger partial charge in [-0.1, -0.05) is 12.1 Å². The number of thioether (sulfide) groups is 2. The van der Waals surface area contributed by atoms with Crippen molar-refractivity contribution < 1.29 is 4.74 Å². The molecule has 3 heterocycles. The Morgan fingerprint density at radius 2 is 1.62 bits per heavy atom. The number of hydrazone groups is 2. The molecule has 152 valence electrons. The van der Waals surface area contributed by atoms with E-state index in [1.54, 1.807) is 7.11 Å². The Morgan fingerprint density at radius 3 is 2.31 bits per heavy atom. The average Bonchev–Trinajstić information content (AvgIpc) is 3.45. The second kappa shape index (κ2) is 9.84. The summed E-state index contributed by atoms with van der Waals surface area (Å²) in [5.41, 5.74) is 9.16. The van der Waals surface area contributed by atoms with Gasteiger partial charge in [-0.25, -0.2) is 5.43 Å². The minimum atomic E-state index is 0.415. The minimum Gasteiger partial charge on any atom is -0.495 e. The second-order valence-electron chi connectivity index (χ2n) is 6.47. The topological polar surface area (TPSA) is 95.8 Å². The van der Waals surface area contributed by atoms with Crippen molar-refractivity contribution in [2.45, 2.75) is 12.8 Å². The van der Waals surface area contributed by atoms with Crippen LogP contribution in [0.1, 0.15) is 12.8 Å². The number of hydrogen-bond donors (Lipinski definition) is 3. The number of benzene rings is 1. The molecule has 0 radical (unpaired) electrons. The third-order valence-corrected chi connectivity index (χ3v) is 6.41. The van der Waals surface area contributed by atoms with Crippen LogP contribution in [-0.4, -0.2) is 51.5 Å². The lowest BCUT2D eigenvalue weighted by molar-refractivity contribution is 0.417. The average molecular weight is 430 g/mol. The van der Waals surface area contributed by atoms with E-state index < -0.39 is 0 Å². The maximum atomic E-state index is 5.42. The van der Waals surface area contributed by atoms with Crippen LogP contribution in [-0.2, 0) is 0 Å². The largest absolute Gasteiger partial charge is 0.495 e. The summed E-state index contributed by atoms with van der Waals surface area (Å²) < 4.78 is 5.42. The molecule has 2 aliphatic rings. The van der Waals surface area contributed by atoms with Crippen LogP contribution >= 0.6 is 23.5 Å². The van der Waals surface area contributed by atoms with E-state index in [1.807, 2.05) is 53.9 Å². The molecule has 3 N–H and O–H groups in total. The van der Waals surface area contributed by atoms with E-state index in [4.69, 9.17) is 4.74 Å². The summed E-state index contributed by atoms with van der Waals surface area (Å²) in [4.78, 5) is 9.06. The first kappa shape index (κ1) is 19.8. The Balaban J connectivity index is 1.57. The minimum absolute atomic E-state index is 0.415. The lowest BCUT2D eigenvalue weighted by atomic mass is 10.3. The number of rotatable bonds is 7. The van der Waals surface area contributed by atoms with E-state index >= 15 is 0 Å². The predicted molar refractivity (Wildman–Crippen MR) is 124 cm³/mol. The van der Waals surface area contributed by atoms with Crippen LogP contribution in [0.4, 0.5) is 23.3 Å². The Bertz CT molecular complexity index is 857. The van der Waals surface area contributed by atoms with Gasteiger partial charge < -0.3 is 10.1 Å². The summed E-state index contributed by atoms with van der Waals surface area (Å²) in [5.74, 6) is 6.51. The zero-order valence-corrected chi connectivity index (χ0v) is 17.8. The van der Waals surface area contributed by atoms with Crippen LogP contribution in [0, 0.1) is 0 Å². The number of hydrogen-bond acceptors (Lipinski definition) is 10. The molecule has 2 aromatic rings. The highest BCUT2D eigenvalue weighted by atomic mass is 32.2. The number of aromatic nitrogens is 2. The summed E-state index contributed by atoms with van der Waals surface area (Å²) in [5, 5.41) is 12.2. The van der Waals surface area contributed by atoms with Crippen LogP contribution in [0.15, 0.2) is 40.5 Å². The van der Waals surface area contributed by atoms with Crippen molar-refractivity contribution in [1.82, 2.24) is 9.97 Å². The molecule has 0 spiro atoms. The van der Waals surface area contributed by atoms with E-state index in [2.05, 4.69) is 36.3 Å². The molecule has 4 rings (SSSR count). The van der Waals surface area contributed by atoms with Crippen LogP contribution < -0.4 is 20.9 Å². The van der Waals surface area contributed by atoms with Crippen molar-refractivity contribution in [1.29, 1.82) is 0 Å². The summed E-state index contributed by atoms with van der Waals surface area (Å²) in [6, 6.07) is 9.53. The van der Waals surface area contributed by atoms with Crippen molar-refractivity contribution in [2.75, 3.05) is 46.3 Å². The third-order valence-electron chi connectivity index (χ3n) is 4.35. The van der Waals surface area contributed by atoms with Gasteiger partial charge in [-0.2, -0.15) is 43.7 Å². The van der Waals surface area contributed by atoms with Crippen molar-refractivity contribution in [2.24, 2.45) is 10.2 Å². The van der Waals surface area contributed by atoms with Crippen LogP contribution in [0.25, 0.3) is 0 Å². The Hall–Kier alpha value is -2.46. The van der Waals surface area contributed by atoms with Gasteiger partial charge in [0.25, 0.3) is 0 Å². The van der Waals surface area contributed by atoms with E-state index in [9.17, 15) is 0 Å². The lowest BCUT2D eigenvalue weighted by Crippen LogP contribution is -2.07. The first-order chi connectivity index (χ1) is 14.3. The molecule has 0 atom stereocenters. The molecule has 29 heavy (non-hydrogen) atoms. The molecule has 0 aliphatic carbocycles. The van der Waals surface area contributed by atoms with Gasteiger partial charge in [0, 0.05) is 29.0 Å². The zero-order valence-electron chi connectivity index (χ0n) is 16.1. The molecule has 0 saturated carbocycles. The molecule has 2 fully saturated rings. The molecule has 2 aliphatic heterocycles. The van der Waals surface area contributed by atoms with Gasteiger partial charge in [-0.3, -0.25) is 5.43 Å². The molecular formula is C19H23N7OS2. The quantitative estimate of drug-likeness (QED) is 0.568. The summed E-state index contributed by atoms with van der Waals surface area (Å²) in [6.07, 6.45) is 2.00. The molecule has 10 heteroatoms. The SMILES string of the molecule is COc1ccccc1Nc1cc(NN=C2CCSC2)nc(NN=C2CCSC2)n1. The first-order valence-corrected chi connectivity index (χ1v) is 11.7. The molecule has 8 nitrogen and oxygen atoms in total. The molecule has 0 unspecified atom stereocenters. The molecule has 2 saturated heterocycles.